The second kappa shape index (κ2) is 8.40. The minimum absolute atomic E-state index is 0.0883. The molecule has 2 aromatic heterocycles. The zero-order valence-electron chi connectivity index (χ0n) is 16.3. The number of aromatic nitrogens is 2. The van der Waals surface area contributed by atoms with Crippen molar-refractivity contribution in [3.8, 4) is 0 Å². The Morgan fingerprint density at radius 1 is 1.14 bits per heavy atom. The standard InChI is InChI=1S/C21H23N5O3/c1-15-12-18(24-29-15)23-19(27)14-25-8-10-26(11-9-25)20(28)13-17-5-2-4-16-6-3-7-22-21(16)17/h2-7,12H,8-11,13-14H2,1H3,(H,23,24,27). The lowest BCUT2D eigenvalue weighted by atomic mass is 10.1. The van der Waals surface area contributed by atoms with Gasteiger partial charge in [-0.2, -0.15) is 0 Å². The SMILES string of the molecule is Cc1cc(NC(=O)CN2CCN(C(=O)Cc3cccc4cccnc34)CC2)no1. The molecule has 1 aromatic carbocycles. The molecule has 0 bridgehead atoms. The van der Waals surface area contributed by atoms with Crippen LogP contribution < -0.4 is 5.32 Å². The van der Waals surface area contributed by atoms with Crippen molar-refractivity contribution in [3.05, 3.63) is 53.9 Å². The predicted molar refractivity (Wildman–Crippen MR) is 108 cm³/mol. The van der Waals surface area contributed by atoms with E-state index < -0.39 is 0 Å². The number of piperazine rings is 1. The van der Waals surface area contributed by atoms with Gasteiger partial charge in [0.05, 0.1) is 18.5 Å². The third-order valence-electron chi connectivity index (χ3n) is 5.05. The molecule has 1 fully saturated rings. The van der Waals surface area contributed by atoms with Crippen LogP contribution in [0.5, 0.6) is 0 Å². The van der Waals surface area contributed by atoms with Gasteiger partial charge in [0.2, 0.25) is 11.8 Å². The van der Waals surface area contributed by atoms with Crippen LogP contribution in [0.2, 0.25) is 0 Å². The van der Waals surface area contributed by atoms with Gasteiger partial charge in [-0.05, 0) is 18.6 Å². The monoisotopic (exact) mass is 393 g/mol. The molecular formula is C21H23N5O3. The van der Waals surface area contributed by atoms with Gasteiger partial charge in [0.15, 0.2) is 5.82 Å². The first-order valence-corrected chi connectivity index (χ1v) is 9.64. The molecule has 150 valence electrons. The Morgan fingerprint density at radius 3 is 2.69 bits per heavy atom. The molecule has 4 rings (SSSR count). The molecule has 1 saturated heterocycles. The van der Waals surface area contributed by atoms with E-state index in [0.29, 0.717) is 44.2 Å². The highest BCUT2D eigenvalue weighted by Gasteiger charge is 2.23. The van der Waals surface area contributed by atoms with Gasteiger partial charge in [0, 0.05) is 43.8 Å². The summed E-state index contributed by atoms with van der Waals surface area (Å²) < 4.78 is 4.94. The third kappa shape index (κ3) is 4.60. The van der Waals surface area contributed by atoms with Crippen molar-refractivity contribution in [1.29, 1.82) is 0 Å². The number of aryl methyl sites for hydroxylation is 1. The number of para-hydroxylation sites is 1. The molecule has 1 aliphatic heterocycles. The predicted octanol–water partition coefficient (Wildman–Crippen LogP) is 1.86. The topological polar surface area (TPSA) is 91.6 Å². The van der Waals surface area contributed by atoms with E-state index in [1.54, 1.807) is 19.2 Å². The number of nitrogens with zero attached hydrogens (tertiary/aromatic N) is 4. The van der Waals surface area contributed by atoms with Crippen molar-refractivity contribution in [2.45, 2.75) is 13.3 Å². The number of benzene rings is 1. The van der Waals surface area contributed by atoms with Crippen molar-refractivity contribution in [2.75, 3.05) is 38.0 Å². The molecule has 2 amide bonds. The Kier molecular flexibility index (Phi) is 5.53. The molecule has 1 aliphatic rings. The summed E-state index contributed by atoms with van der Waals surface area (Å²) in [6.07, 6.45) is 2.08. The van der Waals surface area contributed by atoms with Crippen molar-refractivity contribution in [3.63, 3.8) is 0 Å². The lowest BCUT2D eigenvalue weighted by Crippen LogP contribution is -2.50. The van der Waals surface area contributed by atoms with E-state index in [0.717, 1.165) is 16.5 Å². The zero-order valence-corrected chi connectivity index (χ0v) is 16.3. The van der Waals surface area contributed by atoms with Crippen LogP contribution in [0.3, 0.4) is 0 Å². The number of hydrogen-bond donors (Lipinski definition) is 1. The molecule has 0 spiro atoms. The summed E-state index contributed by atoms with van der Waals surface area (Å²) in [7, 11) is 0. The minimum Gasteiger partial charge on any atom is -0.360 e. The maximum atomic E-state index is 12.8. The maximum Gasteiger partial charge on any atom is 0.239 e. The number of carbonyl (C=O) groups is 2. The van der Waals surface area contributed by atoms with Crippen LogP contribution >= 0.6 is 0 Å². The number of nitrogens with one attached hydrogen (secondary N) is 1. The number of anilines is 1. The fraction of sp³-hybridized carbons (Fsp3) is 0.333. The molecule has 0 radical (unpaired) electrons. The van der Waals surface area contributed by atoms with Crippen molar-refractivity contribution in [2.24, 2.45) is 0 Å². The second-order valence-electron chi connectivity index (χ2n) is 7.20. The molecule has 8 nitrogen and oxygen atoms in total. The highest BCUT2D eigenvalue weighted by Crippen LogP contribution is 2.17. The van der Waals surface area contributed by atoms with Gasteiger partial charge in [-0.3, -0.25) is 19.5 Å². The fourth-order valence-electron chi connectivity index (χ4n) is 3.55. The smallest absolute Gasteiger partial charge is 0.239 e. The van der Waals surface area contributed by atoms with Crippen molar-refractivity contribution >= 4 is 28.5 Å². The average molecular weight is 393 g/mol. The first kappa shape index (κ1) is 19.1. The van der Waals surface area contributed by atoms with Crippen LogP contribution in [0.15, 0.2) is 47.1 Å². The van der Waals surface area contributed by atoms with Crippen LogP contribution in [0.1, 0.15) is 11.3 Å². The van der Waals surface area contributed by atoms with Gasteiger partial charge >= 0.3 is 0 Å². The first-order valence-electron chi connectivity index (χ1n) is 9.64. The Labute approximate surface area is 168 Å². The Bertz CT molecular complexity index is 1020. The number of rotatable bonds is 5. The third-order valence-corrected chi connectivity index (χ3v) is 5.05. The minimum atomic E-state index is -0.139. The summed E-state index contributed by atoms with van der Waals surface area (Å²) in [6.45, 7) is 4.56. The highest BCUT2D eigenvalue weighted by atomic mass is 16.5. The number of amides is 2. The first-order chi connectivity index (χ1) is 14.1. The van der Waals surface area contributed by atoms with E-state index in [1.165, 1.54) is 0 Å². The van der Waals surface area contributed by atoms with E-state index in [1.807, 2.05) is 40.1 Å². The molecular weight excluding hydrogens is 370 g/mol. The Morgan fingerprint density at radius 2 is 1.93 bits per heavy atom. The normalized spacial score (nSPS) is 14.9. The highest BCUT2D eigenvalue weighted by molar-refractivity contribution is 5.91. The lowest BCUT2D eigenvalue weighted by Gasteiger charge is -2.34. The van der Waals surface area contributed by atoms with E-state index in [2.05, 4.69) is 15.5 Å². The number of hydrogen-bond acceptors (Lipinski definition) is 6. The number of fused-ring (bicyclic) bond motifs is 1. The fourth-order valence-corrected chi connectivity index (χ4v) is 3.55. The summed E-state index contributed by atoms with van der Waals surface area (Å²) >= 11 is 0. The molecule has 8 heteroatoms. The van der Waals surface area contributed by atoms with E-state index in [-0.39, 0.29) is 18.4 Å². The van der Waals surface area contributed by atoms with Gasteiger partial charge in [-0.1, -0.05) is 29.4 Å². The lowest BCUT2D eigenvalue weighted by molar-refractivity contribution is -0.132. The summed E-state index contributed by atoms with van der Waals surface area (Å²) in [5, 5.41) is 7.52. The second-order valence-corrected chi connectivity index (χ2v) is 7.20. The van der Waals surface area contributed by atoms with E-state index in [4.69, 9.17) is 4.52 Å². The number of carbonyl (C=O) groups excluding carboxylic acids is 2. The summed E-state index contributed by atoms with van der Waals surface area (Å²) in [5.74, 6) is 1.02. The maximum absolute atomic E-state index is 12.8. The van der Waals surface area contributed by atoms with Gasteiger partial charge in [-0.25, -0.2) is 0 Å². The molecule has 0 aliphatic carbocycles. The van der Waals surface area contributed by atoms with Gasteiger partial charge < -0.3 is 14.7 Å². The molecule has 0 saturated carbocycles. The summed E-state index contributed by atoms with van der Waals surface area (Å²) in [4.78, 5) is 33.2. The Balaban J connectivity index is 1.29. The zero-order chi connectivity index (χ0) is 20.2. The molecule has 1 N–H and O–H groups in total. The van der Waals surface area contributed by atoms with E-state index in [9.17, 15) is 9.59 Å². The molecule has 0 unspecified atom stereocenters. The van der Waals surface area contributed by atoms with Crippen LogP contribution in [-0.4, -0.2) is 64.5 Å². The largest absolute Gasteiger partial charge is 0.360 e. The number of pyridine rings is 1. The average Bonchev–Trinajstić information content (AvgIpc) is 3.13. The van der Waals surface area contributed by atoms with Crippen LogP contribution in [0.4, 0.5) is 5.82 Å². The van der Waals surface area contributed by atoms with Gasteiger partial charge in [0.1, 0.15) is 5.76 Å². The van der Waals surface area contributed by atoms with E-state index >= 15 is 0 Å². The quantitative estimate of drug-likeness (QED) is 0.711. The van der Waals surface area contributed by atoms with Crippen molar-refractivity contribution in [1.82, 2.24) is 19.9 Å². The molecule has 29 heavy (non-hydrogen) atoms. The summed E-state index contributed by atoms with van der Waals surface area (Å²) in [6, 6.07) is 11.5. The van der Waals surface area contributed by atoms with Crippen LogP contribution in [0.25, 0.3) is 10.9 Å². The van der Waals surface area contributed by atoms with Crippen LogP contribution in [-0.2, 0) is 16.0 Å². The summed E-state index contributed by atoms with van der Waals surface area (Å²) in [5.41, 5.74) is 1.82. The van der Waals surface area contributed by atoms with Gasteiger partial charge in [-0.15, -0.1) is 0 Å². The molecule has 3 heterocycles. The van der Waals surface area contributed by atoms with Crippen LogP contribution in [0, 0.1) is 6.92 Å². The van der Waals surface area contributed by atoms with Crippen molar-refractivity contribution < 1.29 is 14.1 Å². The molecule has 3 aromatic rings. The molecule has 0 atom stereocenters. The Hall–Kier alpha value is -3.26. The van der Waals surface area contributed by atoms with Gasteiger partial charge in [0.25, 0.3) is 0 Å².